The number of oxazole rings is 1. The highest BCUT2D eigenvalue weighted by Crippen LogP contribution is 2.40. The molecule has 3 heterocycles. The molecule has 3 aromatic heterocycles. The third-order valence-corrected chi connectivity index (χ3v) is 6.64. The van der Waals surface area contributed by atoms with E-state index in [0.29, 0.717) is 0 Å². The van der Waals surface area contributed by atoms with Gasteiger partial charge in [0.05, 0.1) is 22.5 Å². The molecule has 165 valence electrons. The van der Waals surface area contributed by atoms with Crippen LogP contribution in [0, 0.1) is 5.92 Å². The van der Waals surface area contributed by atoms with E-state index in [-0.39, 0.29) is 0 Å². The van der Waals surface area contributed by atoms with Gasteiger partial charge in [-0.25, -0.2) is 0 Å². The maximum absolute atomic E-state index is 6.39. The minimum atomic E-state index is 0.876. The molecule has 0 aliphatic heterocycles. The number of benzene rings is 4. The van der Waals surface area contributed by atoms with Crippen molar-refractivity contribution in [1.29, 1.82) is 0 Å². The summed E-state index contributed by atoms with van der Waals surface area (Å²) in [6.45, 7) is 0. The number of hydrogen-bond donors (Lipinski definition) is 0. The highest BCUT2D eigenvalue weighted by molar-refractivity contribution is 6.06. The van der Waals surface area contributed by atoms with Gasteiger partial charge in [-0.2, -0.15) is 0 Å². The van der Waals surface area contributed by atoms with Crippen LogP contribution in [0.25, 0.3) is 38.8 Å². The second-order valence-corrected chi connectivity index (χ2v) is 8.66. The molecule has 1 radical (unpaired) electrons. The Bertz CT molecular complexity index is 1740. The van der Waals surface area contributed by atoms with Crippen LogP contribution in [0.15, 0.2) is 132 Å². The van der Waals surface area contributed by atoms with Gasteiger partial charge in [-0.05, 0) is 52.6 Å². The maximum atomic E-state index is 6.39. The average molecular weight is 450 g/mol. The molecule has 0 bridgehead atoms. The fraction of sp³-hybridized carbons (Fsp3) is 0. The molecular weight excluding hydrogens is 428 g/mol. The molecule has 0 spiro atoms. The van der Waals surface area contributed by atoms with Crippen molar-refractivity contribution in [3.8, 4) is 11.1 Å². The van der Waals surface area contributed by atoms with E-state index in [0.717, 1.165) is 44.6 Å². The lowest BCUT2D eigenvalue weighted by molar-refractivity contribution is 0.658. The van der Waals surface area contributed by atoms with E-state index in [2.05, 4.69) is 106 Å². The summed E-state index contributed by atoms with van der Waals surface area (Å²) in [6.07, 6.45) is 3.69. The Morgan fingerprint density at radius 2 is 1.20 bits per heavy atom. The predicted molar refractivity (Wildman–Crippen MR) is 141 cm³/mol. The molecule has 4 aromatic carbocycles. The lowest BCUT2D eigenvalue weighted by Crippen LogP contribution is -2.04. The van der Waals surface area contributed by atoms with Crippen LogP contribution in [0.2, 0.25) is 0 Å². The number of fused-ring (bicyclic) bond motifs is 5. The summed E-state index contributed by atoms with van der Waals surface area (Å²) < 4.78 is 8.62. The van der Waals surface area contributed by atoms with Crippen molar-refractivity contribution in [3.63, 3.8) is 0 Å². The molecule has 7 aromatic rings. The van der Waals surface area contributed by atoms with E-state index in [1.807, 2.05) is 30.6 Å². The fourth-order valence-corrected chi connectivity index (χ4v) is 5.09. The van der Waals surface area contributed by atoms with Crippen LogP contribution in [0.4, 0.5) is 0 Å². The van der Waals surface area contributed by atoms with Crippen molar-refractivity contribution in [2.24, 2.45) is 0 Å². The second kappa shape index (κ2) is 8.00. The number of para-hydroxylation sites is 3. The normalized spacial score (nSPS) is 11.7. The van der Waals surface area contributed by atoms with E-state index >= 15 is 0 Å². The first kappa shape index (κ1) is 19.8. The van der Waals surface area contributed by atoms with Crippen molar-refractivity contribution in [2.75, 3.05) is 0 Å². The standard InChI is InChI=1S/C32H21N2O/c1-2-8-22(9-3-1)30(25-18-20-33-21-19-25)23-14-16-24(17-15-23)31-26-10-4-5-11-27(26)34-28-12-6-7-13-29(28)35-32(31)34/h1-21H. The largest absolute Gasteiger partial charge is 0.438 e. The van der Waals surface area contributed by atoms with Gasteiger partial charge in [-0.1, -0.05) is 84.9 Å². The van der Waals surface area contributed by atoms with Crippen molar-refractivity contribution in [3.05, 3.63) is 150 Å². The Labute approximate surface area is 202 Å². The Hall–Kier alpha value is -4.63. The Morgan fingerprint density at radius 3 is 2.00 bits per heavy atom. The van der Waals surface area contributed by atoms with Gasteiger partial charge in [-0.15, -0.1) is 0 Å². The summed E-state index contributed by atoms with van der Waals surface area (Å²) >= 11 is 0. The van der Waals surface area contributed by atoms with Gasteiger partial charge in [0.1, 0.15) is 0 Å². The SMILES string of the molecule is c1ccc([C](c2ccncc2)c2ccc(-c3c4ccccc4n4c3oc3ccccc34)cc2)cc1. The average Bonchev–Trinajstić information content (AvgIpc) is 3.45. The van der Waals surface area contributed by atoms with Gasteiger partial charge in [0.15, 0.2) is 5.58 Å². The third kappa shape index (κ3) is 3.17. The second-order valence-electron chi connectivity index (χ2n) is 8.66. The van der Waals surface area contributed by atoms with Crippen LogP contribution < -0.4 is 0 Å². The van der Waals surface area contributed by atoms with Gasteiger partial charge in [0.25, 0.3) is 0 Å². The first-order valence-corrected chi connectivity index (χ1v) is 11.7. The topological polar surface area (TPSA) is 30.4 Å². The molecule has 35 heavy (non-hydrogen) atoms. The Balaban J connectivity index is 1.41. The summed E-state index contributed by atoms with van der Waals surface area (Å²) in [4.78, 5) is 4.21. The molecule has 3 nitrogen and oxygen atoms in total. The summed E-state index contributed by atoms with van der Waals surface area (Å²) in [5.41, 5.74) is 9.75. The number of hydrogen-bond acceptors (Lipinski definition) is 2. The molecule has 0 atom stereocenters. The van der Waals surface area contributed by atoms with Gasteiger partial charge in [0, 0.05) is 17.8 Å². The molecule has 0 fully saturated rings. The molecule has 0 N–H and O–H groups in total. The van der Waals surface area contributed by atoms with E-state index in [4.69, 9.17) is 4.42 Å². The van der Waals surface area contributed by atoms with Crippen molar-refractivity contribution >= 4 is 27.7 Å². The van der Waals surface area contributed by atoms with E-state index in [1.54, 1.807) is 0 Å². The molecular formula is C32H21N2O. The molecule has 7 rings (SSSR count). The molecule has 0 aliphatic rings. The zero-order valence-corrected chi connectivity index (χ0v) is 18.9. The molecule has 3 heteroatoms. The smallest absolute Gasteiger partial charge is 0.213 e. The molecule has 0 amide bonds. The Morgan fingerprint density at radius 1 is 0.571 bits per heavy atom. The fourth-order valence-electron chi connectivity index (χ4n) is 5.09. The first-order chi connectivity index (χ1) is 17.4. The van der Waals surface area contributed by atoms with Crippen LogP contribution >= 0.6 is 0 Å². The highest BCUT2D eigenvalue weighted by atomic mass is 16.3. The highest BCUT2D eigenvalue weighted by Gasteiger charge is 2.21. The number of nitrogens with zero attached hydrogens (tertiary/aromatic N) is 2. The van der Waals surface area contributed by atoms with E-state index in [9.17, 15) is 0 Å². The minimum Gasteiger partial charge on any atom is -0.438 e. The molecule has 0 saturated carbocycles. The van der Waals surface area contributed by atoms with Crippen LogP contribution in [-0.2, 0) is 0 Å². The van der Waals surface area contributed by atoms with E-state index in [1.165, 1.54) is 16.9 Å². The summed E-state index contributed by atoms with van der Waals surface area (Å²) in [5.74, 6) is 1.19. The zero-order valence-electron chi connectivity index (χ0n) is 18.9. The quantitative estimate of drug-likeness (QED) is 0.273. The number of rotatable bonds is 4. The molecule has 0 aliphatic carbocycles. The predicted octanol–water partition coefficient (Wildman–Crippen LogP) is 7.92. The van der Waals surface area contributed by atoms with Crippen LogP contribution in [0.3, 0.4) is 0 Å². The van der Waals surface area contributed by atoms with Gasteiger partial charge in [-0.3, -0.25) is 9.38 Å². The van der Waals surface area contributed by atoms with Gasteiger partial charge < -0.3 is 4.42 Å². The summed E-state index contributed by atoms with van der Waals surface area (Å²) in [5, 5.41) is 1.19. The van der Waals surface area contributed by atoms with Crippen molar-refractivity contribution < 1.29 is 4.42 Å². The lowest BCUT2D eigenvalue weighted by Gasteiger charge is -2.18. The third-order valence-electron chi connectivity index (χ3n) is 6.64. The van der Waals surface area contributed by atoms with Crippen molar-refractivity contribution in [2.45, 2.75) is 0 Å². The summed E-state index contributed by atoms with van der Waals surface area (Å²) in [6, 6.07) is 40.2. The molecule has 0 saturated heterocycles. The van der Waals surface area contributed by atoms with Gasteiger partial charge in [0.2, 0.25) is 5.71 Å². The number of pyridine rings is 1. The summed E-state index contributed by atoms with van der Waals surface area (Å²) in [7, 11) is 0. The maximum Gasteiger partial charge on any atom is 0.213 e. The molecule has 0 unspecified atom stereocenters. The number of aromatic nitrogens is 2. The zero-order chi connectivity index (χ0) is 23.2. The van der Waals surface area contributed by atoms with Crippen molar-refractivity contribution in [1.82, 2.24) is 9.38 Å². The van der Waals surface area contributed by atoms with Crippen LogP contribution in [0.5, 0.6) is 0 Å². The lowest BCUT2D eigenvalue weighted by atomic mass is 9.85. The van der Waals surface area contributed by atoms with Crippen LogP contribution in [-0.4, -0.2) is 9.38 Å². The van der Waals surface area contributed by atoms with Crippen LogP contribution in [0.1, 0.15) is 16.7 Å². The minimum absolute atomic E-state index is 0.876. The Kier molecular flexibility index (Phi) is 4.52. The van der Waals surface area contributed by atoms with E-state index < -0.39 is 0 Å². The van der Waals surface area contributed by atoms with Gasteiger partial charge >= 0.3 is 0 Å². The first-order valence-electron chi connectivity index (χ1n) is 11.7. The monoisotopic (exact) mass is 449 g/mol.